The van der Waals surface area contributed by atoms with Crippen molar-refractivity contribution in [3.63, 3.8) is 0 Å². The number of piperidine rings is 1. The van der Waals surface area contributed by atoms with Gasteiger partial charge in [0.15, 0.2) is 0 Å². The van der Waals surface area contributed by atoms with E-state index in [4.69, 9.17) is 0 Å². The smallest absolute Gasteiger partial charge is 0.239 e. The molecule has 20 heavy (non-hydrogen) atoms. The number of nitrogens with zero attached hydrogens (tertiary/aromatic N) is 2. The molecule has 2 rings (SSSR count). The van der Waals surface area contributed by atoms with E-state index in [0.717, 1.165) is 38.6 Å². The quantitative estimate of drug-likeness (QED) is 0.852. The summed E-state index contributed by atoms with van der Waals surface area (Å²) in [6.45, 7) is 7.32. The Bertz CT molecular complexity index is 294. The van der Waals surface area contributed by atoms with E-state index in [1.807, 2.05) is 0 Å². The number of likely N-dealkylation sites (N-methyl/N-ethyl adjacent to an activating group) is 1. The molecule has 0 saturated carbocycles. The molecular formula is C16H31N3O. The van der Waals surface area contributed by atoms with Crippen LogP contribution in [0.1, 0.15) is 45.4 Å². The van der Waals surface area contributed by atoms with Gasteiger partial charge in [-0.3, -0.25) is 9.69 Å². The van der Waals surface area contributed by atoms with Crippen LogP contribution in [-0.2, 0) is 4.79 Å². The summed E-state index contributed by atoms with van der Waals surface area (Å²) in [5.74, 6) is 1.09. The molecule has 0 radical (unpaired) electrons. The van der Waals surface area contributed by atoms with Crippen LogP contribution in [-0.4, -0.2) is 61.5 Å². The number of nitrogens with one attached hydrogen (secondary N) is 1. The van der Waals surface area contributed by atoms with E-state index in [1.54, 1.807) is 0 Å². The molecule has 1 atom stereocenters. The Morgan fingerprint density at radius 3 is 2.40 bits per heavy atom. The first-order chi connectivity index (χ1) is 9.68. The molecule has 0 aromatic carbocycles. The molecule has 2 heterocycles. The topological polar surface area (TPSA) is 35.6 Å². The van der Waals surface area contributed by atoms with Crippen molar-refractivity contribution in [1.82, 2.24) is 15.1 Å². The number of carbonyl (C=O) groups excluding carboxylic acids is 1. The summed E-state index contributed by atoms with van der Waals surface area (Å²) in [4.78, 5) is 17.0. The van der Waals surface area contributed by atoms with Crippen LogP contribution in [0.3, 0.4) is 0 Å². The van der Waals surface area contributed by atoms with Crippen LogP contribution < -0.4 is 5.32 Å². The van der Waals surface area contributed by atoms with Crippen molar-refractivity contribution in [1.29, 1.82) is 0 Å². The second-order valence-corrected chi connectivity index (χ2v) is 6.55. The predicted molar refractivity (Wildman–Crippen MR) is 82.7 cm³/mol. The van der Waals surface area contributed by atoms with Crippen molar-refractivity contribution in [2.75, 3.05) is 39.8 Å². The highest BCUT2D eigenvalue weighted by Gasteiger charge is 2.26. The summed E-state index contributed by atoms with van der Waals surface area (Å²) in [5.41, 5.74) is 0. The molecule has 2 fully saturated rings. The highest BCUT2D eigenvalue weighted by molar-refractivity contribution is 5.81. The Balaban J connectivity index is 1.81. The monoisotopic (exact) mass is 281 g/mol. The Hall–Kier alpha value is -0.610. The molecule has 2 saturated heterocycles. The second-order valence-electron chi connectivity index (χ2n) is 6.55. The summed E-state index contributed by atoms with van der Waals surface area (Å²) in [6, 6.07) is 0.0305. The van der Waals surface area contributed by atoms with Crippen molar-refractivity contribution in [2.45, 2.75) is 51.5 Å². The number of carbonyl (C=O) groups is 1. The molecule has 4 nitrogen and oxygen atoms in total. The van der Waals surface area contributed by atoms with Crippen molar-refractivity contribution in [3.05, 3.63) is 0 Å². The third-order valence-corrected chi connectivity index (χ3v) is 4.94. The lowest BCUT2D eigenvalue weighted by Gasteiger charge is -2.33. The zero-order valence-electron chi connectivity index (χ0n) is 13.2. The van der Waals surface area contributed by atoms with Gasteiger partial charge >= 0.3 is 0 Å². The first kappa shape index (κ1) is 15.8. The Morgan fingerprint density at radius 2 is 1.80 bits per heavy atom. The van der Waals surface area contributed by atoms with Crippen LogP contribution in [0.4, 0.5) is 0 Å². The van der Waals surface area contributed by atoms with E-state index >= 15 is 0 Å². The molecule has 2 aliphatic heterocycles. The van der Waals surface area contributed by atoms with Crippen molar-refractivity contribution in [3.8, 4) is 0 Å². The third kappa shape index (κ3) is 4.45. The number of hydrogen-bond donors (Lipinski definition) is 1. The lowest BCUT2D eigenvalue weighted by Crippen LogP contribution is -2.48. The fourth-order valence-corrected chi connectivity index (χ4v) is 3.37. The largest absolute Gasteiger partial charge is 0.341 e. The van der Waals surface area contributed by atoms with Crippen LogP contribution in [0, 0.1) is 5.92 Å². The van der Waals surface area contributed by atoms with Gasteiger partial charge < -0.3 is 10.2 Å². The highest BCUT2D eigenvalue weighted by Crippen LogP contribution is 2.16. The normalized spacial score (nSPS) is 23.6. The Morgan fingerprint density at radius 1 is 1.20 bits per heavy atom. The van der Waals surface area contributed by atoms with E-state index in [9.17, 15) is 4.79 Å². The maximum absolute atomic E-state index is 12.6. The molecule has 116 valence electrons. The lowest BCUT2D eigenvalue weighted by molar-refractivity contribution is -0.136. The van der Waals surface area contributed by atoms with Crippen LogP contribution in [0.25, 0.3) is 0 Å². The first-order valence-electron chi connectivity index (χ1n) is 8.38. The number of likely N-dealkylation sites (tertiary alicyclic amines) is 1. The molecule has 0 aromatic rings. The van der Waals surface area contributed by atoms with Crippen LogP contribution in [0.5, 0.6) is 0 Å². The molecule has 0 spiro atoms. The van der Waals surface area contributed by atoms with Gasteiger partial charge in [-0.2, -0.15) is 0 Å². The van der Waals surface area contributed by atoms with Gasteiger partial charge in [0.25, 0.3) is 0 Å². The molecule has 1 unspecified atom stereocenters. The minimum atomic E-state index is 0.0305. The van der Waals surface area contributed by atoms with Gasteiger partial charge in [0.2, 0.25) is 5.91 Å². The van der Waals surface area contributed by atoms with Gasteiger partial charge in [-0.25, -0.2) is 0 Å². The summed E-state index contributed by atoms with van der Waals surface area (Å²) in [7, 11) is 2.11. The summed E-state index contributed by atoms with van der Waals surface area (Å²) in [5, 5.41) is 3.40. The summed E-state index contributed by atoms with van der Waals surface area (Å²) >= 11 is 0. The first-order valence-corrected chi connectivity index (χ1v) is 8.38. The van der Waals surface area contributed by atoms with Crippen LogP contribution in [0.2, 0.25) is 0 Å². The SMILES string of the molecule is CC(C(=O)N1CCCCCC1)N(C)CC1CCNCC1. The zero-order valence-corrected chi connectivity index (χ0v) is 13.2. The number of hydrogen-bond acceptors (Lipinski definition) is 3. The molecule has 0 bridgehead atoms. The highest BCUT2D eigenvalue weighted by atomic mass is 16.2. The molecule has 1 amide bonds. The van der Waals surface area contributed by atoms with E-state index in [0.29, 0.717) is 5.91 Å². The van der Waals surface area contributed by atoms with Crippen LogP contribution in [0.15, 0.2) is 0 Å². The minimum Gasteiger partial charge on any atom is -0.341 e. The molecule has 4 heteroatoms. The average Bonchev–Trinajstić information content (AvgIpc) is 2.75. The number of rotatable bonds is 4. The number of amides is 1. The third-order valence-electron chi connectivity index (χ3n) is 4.94. The van der Waals surface area contributed by atoms with Crippen molar-refractivity contribution < 1.29 is 4.79 Å². The van der Waals surface area contributed by atoms with Gasteiger partial charge in [0, 0.05) is 19.6 Å². The van der Waals surface area contributed by atoms with E-state index < -0.39 is 0 Å². The van der Waals surface area contributed by atoms with Crippen molar-refractivity contribution >= 4 is 5.91 Å². The van der Waals surface area contributed by atoms with Gasteiger partial charge in [-0.1, -0.05) is 12.8 Å². The van der Waals surface area contributed by atoms with Gasteiger partial charge in [0.1, 0.15) is 0 Å². The minimum absolute atomic E-state index is 0.0305. The second kappa shape index (κ2) is 7.99. The van der Waals surface area contributed by atoms with Gasteiger partial charge in [-0.15, -0.1) is 0 Å². The molecule has 2 aliphatic rings. The van der Waals surface area contributed by atoms with E-state index in [2.05, 4.69) is 29.1 Å². The standard InChI is InChI=1S/C16H31N3O/c1-14(16(20)19-11-5-3-4-6-12-19)18(2)13-15-7-9-17-10-8-15/h14-15,17H,3-13H2,1-2H3. The van der Waals surface area contributed by atoms with E-state index in [1.165, 1.54) is 38.5 Å². The molecule has 0 aliphatic carbocycles. The molecular weight excluding hydrogens is 250 g/mol. The average molecular weight is 281 g/mol. The maximum Gasteiger partial charge on any atom is 0.239 e. The van der Waals surface area contributed by atoms with Crippen molar-refractivity contribution in [2.24, 2.45) is 5.92 Å². The Labute approximate surface area is 123 Å². The Kier molecular flexibility index (Phi) is 6.30. The van der Waals surface area contributed by atoms with Crippen LogP contribution >= 0.6 is 0 Å². The van der Waals surface area contributed by atoms with Gasteiger partial charge in [-0.05, 0) is 58.7 Å². The fourth-order valence-electron chi connectivity index (χ4n) is 3.37. The molecule has 1 N–H and O–H groups in total. The summed E-state index contributed by atoms with van der Waals surface area (Å²) < 4.78 is 0. The molecule has 0 aromatic heterocycles. The summed E-state index contributed by atoms with van der Waals surface area (Å²) in [6.07, 6.45) is 7.41. The fraction of sp³-hybridized carbons (Fsp3) is 0.938. The predicted octanol–water partition coefficient (Wildman–Crippen LogP) is 1.71. The maximum atomic E-state index is 12.6. The lowest BCUT2D eigenvalue weighted by atomic mass is 9.97. The van der Waals surface area contributed by atoms with Gasteiger partial charge in [0.05, 0.1) is 6.04 Å². The zero-order chi connectivity index (χ0) is 14.4. The van der Waals surface area contributed by atoms with E-state index in [-0.39, 0.29) is 6.04 Å².